The lowest BCUT2D eigenvalue weighted by molar-refractivity contribution is 0.214. The molecular weight excluding hydrogens is 312 g/mol. The van der Waals surface area contributed by atoms with Crippen LogP contribution in [0.2, 0.25) is 5.02 Å². The fourth-order valence-corrected chi connectivity index (χ4v) is 4.11. The smallest absolute Gasteiger partial charge is 0.287 e. The number of anilines is 1. The van der Waals surface area contributed by atoms with Gasteiger partial charge in [-0.1, -0.05) is 11.6 Å². The van der Waals surface area contributed by atoms with Crippen LogP contribution in [-0.2, 0) is 10.0 Å². The molecule has 2 aliphatic heterocycles. The molecule has 1 fully saturated rings. The first-order valence-corrected chi connectivity index (χ1v) is 8.52. The summed E-state index contributed by atoms with van der Waals surface area (Å²) in [5.41, 5.74) is 0.614. The number of piperazine rings is 1. The molecule has 0 radical (unpaired) electrons. The molecule has 114 valence electrons. The fourth-order valence-electron chi connectivity index (χ4n) is 2.57. The van der Waals surface area contributed by atoms with Crippen LogP contribution in [0.4, 0.5) is 5.69 Å². The van der Waals surface area contributed by atoms with Gasteiger partial charge in [0.15, 0.2) is 0 Å². The molecule has 0 atom stereocenters. The molecule has 0 unspecified atom stereocenters. The third-order valence-corrected chi connectivity index (χ3v) is 5.37. The summed E-state index contributed by atoms with van der Waals surface area (Å²) < 4.78 is 28.7. The van der Waals surface area contributed by atoms with Crippen molar-refractivity contribution in [2.75, 3.05) is 45.2 Å². The molecule has 1 saturated heterocycles. The quantitative estimate of drug-likeness (QED) is 0.713. The summed E-state index contributed by atoms with van der Waals surface area (Å²) in [7, 11) is 0.182. The highest BCUT2D eigenvalue weighted by Crippen LogP contribution is 2.33. The number of hydrogen-bond acceptors (Lipinski definition) is 5. The van der Waals surface area contributed by atoms with Gasteiger partial charge in [-0.25, -0.2) is 0 Å². The highest BCUT2D eigenvalue weighted by molar-refractivity contribution is 7.90. The molecule has 2 aliphatic rings. The van der Waals surface area contributed by atoms with Crippen molar-refractivity contribution in [2.24, 2.45) is 4.40 Å². The average molecular weight is 329 g/mol. The standard InChI is InChI=1S/C13H17ClN4O2S/c1-16-5-7-18(8-6-16)13-15-21(19,20)12-9-10(14)3-4-11(12)17(13)2/h3-4,9H,5-8H2,1-2H3. The molecule has 0 bridgehead atoms. The lowest BCUT2D eigenvalue weighted by Gasteiger charge is -2.39. The molecule has 1 aromatic rings. The Morgan fingerprint density at radius 1 is 1.14 bits per heavy atom. The van der Waals surface area contributed by atoms with E-state index in [0.29, 0.717) is 16.7 Å². The highest BCUT2D eigenvalue weighted by Gasteiger charge is 2.32. The maximum absolute atomic E-state index is 12.4. The second-order valence-electron chi connectivity index (χ2n) is 5.33. The molecule has 0 saturated carbocycles. The van der Waals surface area contributed by atoms with Crippen LogP contribution in [0.3, 0.4) is 0 Å². The fraction of sp³-hybridized carbons (Fsp3) is 0.462. The first kappa shape index (κ1) is 14.6. The van der Waals surface area contributed by atoms with Crippen molar-refractivity contribution >= 4 is 33.3 Å². The third kappa shape index (κ3) is 2.61. The Bertz CT molecular complexity index is 696. The Morgan fingerprint density at radius 3 is 2.48 bits per heavy atom. The number of nitrogens with zero attached hydrogens (tertiary/aromatic N) is 4. The summed E-state index contributed by atoms with van der Waals surface area (Å²) >= 11 is 5.91. The van der Waals surface area contributed by atoms with Crippen molar-refractivity contribution in [3.8, 4) is 0 Å². The number of likely N-dealkylation sites (N-methyl/N-ethyl adjacent to an activating group) is 1. The van der Waals surface area contributed by atoms with Crippen molar-refractivity contribution in [1.82, 2.24) is 9.80 Å². The van der Waals surface area contributed by atoms with Crippen molar-refractivity contribution in [1.29, 1.82) is 0 Å². The molecule has 2 heterocycles. The van der Waals surface area contributed by atoms with E-state index in [9.17, 15) is 8.42 Å². The first-order chi connectivity index (χ1) is 9.88. The van der Waals surface area contributed by atoms with Gasteiger partial charge >= 0.3 is 0 Å². The van der Waals surface area contributed by atoms with Crippen molar-refractivity contribution in [3.05, 3.63) is 23.2 Å². The van der Waals surface area contributed by atoms with E-state index in [-0.39, 0.29) is 4.90 Å². The zero-order chi connectivity index (χ0) is 15.2. The van der Waals surface area contributed by atoms with Gasteiger partial charge in [0, 0.05) is 38.2 Å². The van der Waals surface area contributed by atoms with Gasteiger partial charge in [-0.05, 0) is 25.2 Å². The predicted molar refractivity (Wildman–Crippen MR) is 83.5 cm³/mol. The van der Waals surface area contributed by atoms with Gasteiger partial charge in [0.25, 0.3) is 10.0 Å². The van der Waals surface area contributed by atoms with E-state index in [1.807, 2.05) is 16.8 Å². The van der Waals surface area contributed by atoms with Crippen LogP contribution in [0, 0.1) is 0 Å². The van der Waals surface area contributed by atoms with Crippen LogP contribution in [0.1, 0.15) is 0 Å². The Labute approximate surface area is 129 Å². The zero-order valence-corrected chi connectivity index (χ0v) is 13.5. The molecule has 0 aromatic heterocycles. The van der Waals surface area contributed by atoms with E-state index in [2.05, 4.69) is 16.3 Å². The van der Waals surface area contributed by atoms with E-state index >= 15 is 0 Å². The molecule has 0 amide bonds. The monoisotopic (exact) mass is 328 g/mol. The van der Waals surface area contributed by atoms with E-state index in [0.717, 1.165) is 26.2 Å². The van der Waals surface area contributed by atoms with Crippen LogP contribution in [0.5, 0.6) is 0 Å². The number of benzene rings is 1. The summed E-state index contributed by atoms with van der Waals surface area (Å²) in [4.78, 5) is 6.20. The van der Waals surface area contributed by atoms with E-state index in [1.54, 1.807) is 12.1 Å². The second kappa shape index (κ2) is 5.15. The predicted octanol–water partition coefficient (Wildman–Crippen LogP) is 1.08. The zero-order valence-electron chi connectivity index (χ0n) is 12.0. The van der Waals surface area contributed by atoms with Crippen LogP contribution < -0.4 is 4.90 Å². The normalized spacial score (nSPS) is 22.0. The van der Waals surface area contributed by atoms with Gasteiger partial charge in [-0.3, -0.25) is 0 Å². The number of halogens is 1. The molecule has 6 nitrogen and oxygen atoms in total. The average Bonchev–Trinajstić information content (AvgIpc) is 2.44. The Morgan fingerprint density at radius 2 is 1.81 bits per heavy atom. The summed E-state index contributed by atoms with van der Waals surface area (Å²) in [5.74, 6) is 0.484. The van der Waals surface area contributed by atoms with E-state index < -0.39 is 10.0 Å². The molecule has 1 aromatic carbocycles. The number of sulfonamides is 1. The molecule has 8 heteroatoms. The first-order valence-electron chi connectivity index (χ1n) is 6.70. The number of guanidine groups is 1. The minimum absolute atomic E-state index is 0.162. The number of rotatable bonds is 0. The molecule has 0 aliphatic carbocycles. The lowest BCUT2D eigenvalue weighted by atomic mass is 10.3. The molecule has 0 N–H and O–H groups in total. The maximum Gasteiger partial charge on any atom is 0.287 e. The molecule has 3 rings (SSSR count). The molecular formula is C13H17ClN4O2S. The Kier molecular flexibility index (Phi) is 3.59. The third-order valence-electron chi connectivity index (χ3n) is 3.85. The second-order valence-corrected chi connectivity index (χ2v) is 7.34. The van der Waals surface area contributed by atoms with Crippen LogP contribution >= 0.6 is 11.6 Å². The van der Waals surface area contributed by atoms with Crippen LogP contribution in [0.15, 0.2) is 27.5 Å². The van der Waals surface area contributed by atoms with Gasteiger partial charge in [0.1, 0.15) is 4.90 Å². The Balaban J connectivity index is 2.02. The van der Waals surface area contributed by atoms with Gasteiger partial charge in [0.05, 0.1) is 5.69 Å². The van der Waals surface area contributed by atoms with Crippen molar-refractivity contribution in [2.45, 2.75) is 4.90 Å². The maximum atomic E-state index is 12.4. The summed E-state index contributed by atoms with van der Waals surface area (Å²) in [6.07, 6.45) is 0. The van der Waals surface area contributed by atoms with Crippen molar-refractivity contribution in [3.63, 3.8) is 0 Å². The molecule has 0 spiro atoms. The minimum Gasteiger partial charge on any atom is -0.339 e. The van der Waals surface area contributed by atoms with Gasteiger partial charge in [-0.15, -0.1) is 4.40 Å². The number of hydrogen-bond donors (Lipinski definition) is 0. The molecule has 21 heavy (non-hydrogen) atoms. The minimum atomic E-state index is -3.70. The number of fused-ring (bicyclic) bond motifs is 1. The summed E-state index contributed by atoms with van der Waals surface area (Å²) in [6.45, 7) is 3.30. The van der Waals surface area contributed by atoms with Crippen molar-refractivity contribution < 1.29 is 8.42 Å². The summed E-state index contributed by atoms with van der Waals surface area (Å²) in [5, 5.41) is 0.393. The summed E-state index contributed by atoms with van der Waals surface area (Å²) in [6, 6.07) is 4.87. The lowest BCUT2D eigenvalue weighted by Crippen LogP contribution is -2.53. The van der Waals surface area contributed by atoms with E-state index in [1.165, 1.54) is 6.07 Å². The van der Waals surface area contributed by atoms with Gasteiger partial charge in [0.2, 0.25) is 5.96 Å². The SMILES string of the molecule is CN1CCN(C2=NS(=O)(=O)c3cc(Cl)ccc3N2C)CC1. The highest BCUT2D eigenvalue weighted by atomic mass is 35.5. The van der Waals surface area contributed by atoms with Crippen LogP contribution in [-0.4, -0.2) is 64.5 Å². The van der Waals surface area contributed by atoms with Gasteiger partial charge < -0.3 is 14.7 Å². The van der Waals surface area contributed by atoms with Gasteiger partial charge in [-0.2, -0.15) is 8.42 Å². The topological polar surface area (TPSA) is 56.2 Å². The Hall–Kier alpha value is -1.31. The van der Waals surface area contributed by atoms with E-state index in [4.69, 9.17) is 11.6 Å². The van der Waals surface area contributed by atoms with Crippen LogP contribution in [0.25, 0.3) is 0 Å². The largest absolute Gasteiger partial charge is 0.339 e.